The molecule has 1 saturated heterocycles. The fourth-order valence-electron chi connectivity index (χ4n) is 2.78. The standard InChI is InChI=1S/C15H17ClN4O5/c1-24-12-7-11(18-14(21)22)10(16)6-9(12)13-19-20(15(23)25-13)8-2-4-17-5-3-8/h6-8,17-18H,2-5H2,1H3,(H,21,22). The monoisotopic (exact) mass is 368 g/mol. The summed E-state index contributed by atoms with van der Waals surface area (Å²) in [7, 11) is 1.42. The average Bonchev–Trinajstić information content (AvgIpc) is 2.98. The summed E-state index contributed by atoms with van der Waals surface area (Å²) in [4.78, 5) is 23.0. The smallest absolute Gasteiger partial charge is 0.437 e. The van der Waals surface area contributed by atoms with Crippen LogP contribution < -0.4 is 21.1 Å². The van der Waals surface area contributed by atoms with Crippen LogP contribution in [0.25, 0.3) is 11.5 Å². The number of piperidine rings is 1. The second kappa shape index (κ2) is 7.16. The van der Waals surface area contributed by atoms with Gasteiger partial charge in [0.15, 0.2) is 0 Å². The first-order valence-corrected chi connectivity index (χ1v) is 8.05. The molecule has 1 aromatic heterocycles. The minimum atomic E-state index is -1.25. The minimum absolute atomic E-state index is 0.0272. The Bertz CT molecular complexity index is 841. The zero-order valence-electron chi connectivity index (χ0n) is 13.4. The van der Waals surface area contributed by atoms with Crippen molar-refractivity contribution in [3.8, 4) is 17.2 Å². The lowest BCUT2D eigenvalue weighted by Crippen LogP contribution is -2.33. The van der Waals surface area contributed by atoms with E-state index in [9.17, 15) is 9.59 Å². The van der Waals surface area contributed by atoms with E-state index in [0.29, 0.717) is 5.56 Å². The summed E-state index contributed by atoms with van der Waals surface area (Å²) in [5, 5.41) is 18.6. The molecule has 1 amide bonds. The molecule has 1 aromatic carbocycles. The van der Waals surface area contributed by atoms with E-state index in [0.717, 1.165) is 25.9 Å². The second-order valence-electron chi connectivity index (χ2n) is 5.56. The Morgan fingerprint density at radius 2 is 2.20 bits per heavy atom. The van der Waals surface area contributed by atoms with Gasteiger partial charge >= 0.3 is 11.8 Å². The Morgan fingerprint density at radius 3 is 2.84 bits per heavy atom. The highest BCUT2D eigenvalue weighted by Gasteiger charge is 2.23. The third kappa shape index (κ3) is 3.62. The van der Waals surface area contributed by atoms with Gasteiger partial charge in [-0.25, -0.2) is 9.59 Å². The number of carbonyl (C=O) groups is 1. The molecule has 2 heterocycles. The molecule has 0 unspecified atom stereocenters. The van der Waals surface area contributed by atoms with Gasteiger partial charge < -0.3 is 19.6 Å². The van der Waals surface area contributed by atoms with Crippen LogP contribution in [0.2, 0.25) is 5.02 Å². The second-order valence-corrected chi connectivity index (χ2v) is 5.97. The molecule has 10 heteroatoms. The van der Waals surface area contributed by atoms with Crippen LogP contribution in [0, 0.1) is 0 Å². The maximum absolute atomic E-state index is 12.2. The molecule has 9 nitrogen and oxygen atoms in total. The van der Waals surface area contributed by atoms with Crippen molar-refractivity contribution in [3.63, 3.8) is 0 Å². The van der Waals surface area contributed by atoms with Crippen LogP contribution in [0.1, 0.15) is 18.9 Å². The van der Waals surface area contributed by atoms with Crippen LogP contribution in [0.3, 0.4) is 0 Å². The molecule has 2 aromatic rings. The largest absolute Gasteiger partial charge is 0.496 e. The first-order valence-electron chi connectivity index (χ1n) is 7.68. The fourth-order valence-corrected chi connectivity index (χ4v) is 2.99. The van der Waals surface area contributed by atoms with Gasteiger partial charge in [0.25, 0.3) is 5.89 Å². The SMILES string of the molecule is COc1cc(NC(=O)O)c(Cl)cc1-c1nn(C2CCNCC2)c(=O)o1. The van der Waals surface area contributed by atoms with Gasteiger partial charge in [-0.3, -0.25) is 5.32 Å². The molecular weight excluding hydrogens is 352 g/mol. The summed E-state index contributed by atoms with van der Waals surface area (Å²) in [6.07, 6.45) is 0.314. The molecule has 1 aliphatic rings. The molecule has 1 fully saturated rings. The van der Waals surface area contributed by atoms with Crippen molar-refractivity contribution in [1.29, 1.82) is 0 Å². The number of ether oxygens (including phenoxy) is 1. The number of carboxylic acid groups (broad SMARTS) is 1. The lowest BCUT2D eigenvalue weighted by Gasteiger charge is -2.21. The van der Waals surface area contributed by atoms with E-state index in [1.807, 2.05) is 0 Å². The number of benzene rings is 1. The van der Waals surface area contributed by atoms with Crippen molar-refractivity contribution in [2.75, 3.05) is 25.5 Å². The Hall–Kier alpha value is -2.52. The highest BCUT2D eigenvalue weighted by atomic mass is 35.5. The molecule has 0 bridgehead atoms. The molecule has 0 radical (unpaired) electrons. The number of rotatable bonds is 4. The average molecular weight is 369 g/mol. The number of hydrogen-bond donors (Lipinski definition) is 3. The quantitative estimate of drug-likeness (QED) is 0.756. The van der Waals surface area contributed by atoms with E-state index >= 15 is 0 Å². The highest BCUT2D eigenvalue weighted by Crippen LogP contribution is 2.36. The van der Waals surface area contributed by atoms with Crippen molar-refractivity contribution in [3.05, 3.63) is 27.7 Å². The third-order valence-electron chi connectivity index (χ3n) is 3.99. The summed E-state index contributed by atoms with van der Waals surface area (Å²) < 4.78 is 11.9. The van der Waals surface area contributed by atoms with Crippen molar-refractivity contribution >= 4 is 23.4 Å². The fraction of sp³-hybridized carbons (Fsp3) is 0.400. The number of halogens is 1. The molecule has 0 aliphatic carbocycles. The lowest BCUT2D eigenvalue weighted by molar-refractivity contribution is 0.209. The van der Waals surface area contributed by atoms with E-state index < -0.39 is 11.8 Å². The van der Waals surface area contributed by atoms with E-state index in [-0.39, 0.29) is 28.4 Å². The molecule has 3 N–H and O–H groups in total. The van der Waals surface area contributed by atoms with Gasteiger partial charge in [0.2, 0.25) is 0 Å². The Labute approximate surface area is 147 Å². The molecule has 0 saturated carbocycles. The Balaban J connectivity index is 2.00. The number of anilines is 1. The zero-order valence-corrected chi connectivity index (χ0v) is 14.2. The van der Waals surface area contributed by atoms with Crippen molar-refractivity contribution < 1.29 is 19.1 Å². The molecule has 0 spiro atoms. The molecular formula is C15H17ClN4O5. The predicted molar refractivity (Wildman–Crippen MR) is 90.5 cm³/mol. The van der Waals surface area contributed by atoms with E-state index in [4.69, 9.17) is 25.9 Å². The van der Waals surface area contributed by atoms with E-state index in [1.165, 1.54) is 23.9 Å². The zero-order chi connectivity index (χ0) is 18.0. The summed E-state index contributed by atoms with van der Waals surface area (Å²) >= 11 is 6.10. The van der Waals surface area contributed by atoms with Crippen LogP contribution in [0.5, 0.6) is 5.75 Å². The van der Waals surface area contributed by atoms with Crippen LogP contribution in [0.4, 0.5) is 10.5 Å². The number of hydrogen-bond acceptors (Lipinski definition) is 6. The van der Waals surface area contributed by atoms with Crippen LogP contribution in [-0.2, 0) is 0 Å². The van der Waals surface area contributed by atoms with Gasteiger partial charge in [0.1, 0.15) is 5.75 Å². The van der Waals surface area contributed by atoms with Gasteiger partial charge in [-0.2, -0.15) is 4.68 Å². The topological polar surface area (TPSA) is 119 Å². The normalized spacial score (nSPS) is 15.1. The minimum Gasteiger partial charge on any atom is -0.496 e. The van der Waals surface area contributed by atoms with Gasteiger partial charge in [0, 0.05) is 6.07 Å². The maximum atomic E-state index is 12.2. The summed E-state index contributed by atoms with van der Waals surface area (Å²) in [5.74, 6) is -0.191. The molecule has 134 valence electrons. The number of nitrogens with zero attached hydrogens (tertiary/aromatic N) is 2. The van der Waals surface area contributed by atoms with Gasteiger partial charge in [-0.15, -0.1) is 5.10 Å². The number of amides is 1. The van der Waals surface area contributed by atoms with Crippen molar-refractivity contribution in [2.24, 2.45) is 0 Å². The van der Waals surface area contributed by atoms with E-state index in [2.05, 4.69) is 15.7 Å². The maximum Gasteiger partial charge on any atom is 0.437 e. The van der Waals surface area contributed by atoms with Crippen LogP contribution in [0.15, 0.2) is 21.3 Å². The van der Waals surface area contributed by atoms with Crippen LogP contribution in [-0.4, -0.2) is 41.2 Å². The molecule has 25 heavy (non-hydrogen) atoms. The highest BCUT2D eigenvalue weighted by molar-refractivity contribution is 6.34. The Morgan fingerprint density at radius 1 is 1.48 bits per heavy atom. The van der Waals surface area contributed by atoms with Crippen LogP contribution >= 0.6 is 11.6 Å². The predicted octanol–water partition coefficient (Wildman–Crippen LogP) is 2.18. The first-order chi connectivity index (χ1) is 12.0. The Kier molecular flexibility index (Phi) is 4.95. The van der Waals surface area contributed by atoms with Gasteiger partial charge in [0.05, 0.1) is 29.4 Å². The molecule has 3 rings (SSSR count). The molecule has 0 atom stereocenters. The van der Waals surface area contributed by atoms with Crippen molar-refractivity contribution in [2.45, 2.75) is 18.9 Å². The van der Waals surface area contributed by atoms with E-state index in [1.54, 1.807) is 0 Å². The van der Waals surface area contributed by atoms with Gasteiger partial charge in [-0.1, -0.05) is 11.6 Å². The van der Waals surface area contributed by atoms with Crippen molar-refractivity contribution in [1.82, 2.24) is 15.1 Å². The van der Waals surface area contributed by atoms with Gasteiger partial charge in [-0.05, 0) is 32.0 Å². The summed E-state index contributed by atoms with van der Waals surface area (Å²) in [5.41, 5.74) is 0.531. The number of aromatic nitrogens is 2. The first kappa shape index (κ1) is 17.3. The lowest BCUT2D eigenvalue weighted by atomic mass is 10.1. The number of methoxy groups -OCH3 is 1. The molecule has 1 aliphatic heterocycles. The summed E-state index contributed by atoms with van der Waals surface area (Å²) in [6, 6.07) is 2.83. The third-order valence-corrected chi connectivity index (χ3v) is 4.30. The number of nitrogens with one attached hydrogen (secondary N) is 2. The summed E-state index contributed by atoms with van der Waals surface area (Å²) in [6.45, 7) is 1.62.